The number of hydrogen-bond donors (Lipinski definition) is 0. The first-order valence-electron chi connectivity index (χ1n) is 6.31. The van der Waals surface area contributed by atoms with Crippen LogP contribution in [-0.4, -0.2) is 18.7 Å². The van der Waals surface area contributed by atoms with Gasteiger partial charge >= 0.3 is 0 Å². The van der Waals surface area contributed by atoms with E-state index >= 15 is 0 Å². The molecule has 0 N–H and O–H groups in total. The Bertz CT molecular complexity index is 492. The number of sulfone groups is 1. The molecule has 0 radical (unpaired) electrons. The quantitative estimate of drug-likeness (QED) is 0.852. The number of rotatable bonds is 4. The van der Waals surface area contributed by atoms with Crippen LogP contribution in [0.2, 0.25) is 4.47 Å². The van der Waals surface area contributed by atoms with E-state index < -0.39 is 9.84 Å². The molecule has 1 atom stereocenters. The summed E-state index contributed by atoms with van der Waals surface area (Å²) >= 11 is 6.98. The smallest absolute Gasteiger partial charge is 0.183 e. The van der Waals surface area contributed by atoms with Crippen molar-refractivity contribution in [1.29, 1.82) is 0 Å². The number of hydrogen-bond acceptors (Lipinski definition) is 4. The zero-order valence-electron chi connectivity index (χ0n) is 10.4. The van der Waals surface area contributed by atoms with Gasteiger partial charge in [-0.25, -0.2) is 13.4 Å². The Hall–Kier alpha value is -0.130. The van der Waals surface area contributed by atoms with Gasteiger partial charge < -0.3 is 0 Å². The molecule has 1 unspecified atom stereocenters. The Morgan fingerprint density at radius 1 is 1.44 bits per heavy atom. The molecule has 1 aromatic rings. The van der Waals surface area contributed by atoms with E-state index in [-0.39, 0.29) is 11.0 Å². The largest absolute Gasteiger partial charge is 0.233 e. The minimum absolute atomic E-state index is 0.0784. The predicted octanol–water partition coefficient (Wildman–Crippen LogP) is 3.68. The maximum atomic E-state index is 12.3. The summed E-state index contributed by atoms with van der Waals surface area (Å²) in [7, 11) is -3.09. The fourth-order valence-corrected chi connectivity index (χ4v) is 5.67. The molecule has 0 amide bonds. The summed E-state index contributed by atoms with van der Waals surface area (Å²) in [6.45, 7) is 1.86. The fourth-order valence-electron chi connectivity index (χ4n) is 2.58. The number of halogens is 1. The highest BCUT2D eigenvalue weighted by Crippen LogP contribution is 2.31. The summed E-state index contributed by atoms with van der Waals surface area (Å²) in [6.07, 6.45) is 7.23. The maximum absolute atomic E-state index is 12.3. The van der Waals surface area contributed by atoms with E-state index in [9.17, 15) is 8.42 Å². The average Bonchev–Trinajstić information content (AvgIpc) is 2.74. The molecular formula is C12H18ClNO2S2. The first kappa shape index (κ1) is 14.3. The molecule has 1 aliphatic rings. The van der Waals surface area contributed by atoms with Crippen molar-refractivity contribution in [2.75, 3.05) is 0 Å². The molecule has 1 saturated carbocycles. The van der Waals surface area contributed by atoms with Crippen LogP contribution >= 0.6 is 22.9 Å². The van der Waals surface area contributed by atoms with Crippen LogP contribution in [0.15, 0.2) is 6.20 Å². The predicted molar refractivity (Wildman–Crippen MR) is 75.8 cm³/mol. The molecule has 1 aromatic heterocycles. The fraction of sp³-hybridized carbons (Fsp3) is 0.750. The van der Waals surface area contributed by atoms with E-state index in [1.54, 1.807) is 6.20 Å². The minimum atomic E-state index is -3.09. The van der Waals surface area contributed by atoms with Crippen molar-refractivity contribution in [3.8, 4) is 0 Å². The van der Waals surface area contributed by atoms with Crippen molar-refractivity contribution in [2.45, 2.75) is 50.0 Å². The third-order valence-electron chi connectivity index (χ3n) is 3.75. The van der Waals surface area contributed by atoms with Gasteiger partial charge in [0.15, 0.2) is 14.3 Å². The Kier molecular flexibility index (Phi) is 4.67. The highest BCUT2D eigenvalue weighted by Gasteiger charge is 2.30. The summed E-state index contributed by atoms with van der Waals surface area (Å²) in [5.41, 5.74) is 0. The third kappa shape index (κ3) is 3.45. The zero-order chi connectivity index (χ0) is 13.2. The summed E-state index contributed by atoms with van der Waals surface area (Å²) < 4.78 is 25.1. The summed E-state index contributed by atoms with van der Waals surface area (Å²) in [4.78, 5) is 4.63. The molecule has 6 heteroatoms. The molecule has 1 aliphatic carbocycles. The second kappa shape index (κ2) is 5.88. The van der Waals surface area contributed by atoms with Crippen LogP contribution in [0.25, 0.3) is 0 Å². The standard InChI is InChI=1S/C12H18ClNO2S2/c1-9(10-5-3-2-4-6-10)18(15,16)8-11-7-14-12(13)17-11/h7,9-10H,2-6,8H2,1H3. The van der Waals surface area contributed by atoms with Crippen LogP contribution in [0.1, 0.15) is 43.9 Å². The van der Waals surface area contributed by atoms with Crippen molar-refractivity contribution in [3.05, 3.63) is 15.5 Å². The van der Waals surface area contributed by atoms with Gasteiger partial charge in [0.05, 0.1) is 11.0 Å². The highest BCUT2D eigenvalue weighted by atomic mass is 35.5. The second-order valence-corrected chi connectivity index (χ2v) is 9.05. The van der Waals surface area contributed by atoms with Crippen LogP contribution in [0, 0.1) is 5.92 Å². The van der Waals surface area contributed by atoms with E-state index in [0.29, 0.717) is 10.4 Å². The van der Waals surface area contributed by atoms with Gasteiger partial charge in [-0.1, -0.05) is 30.9 Å². The zero-order valence-corrected chi connectivity index (χ0v) is 12.8. The van der Waals surface area contributed by atoms with E-state index in [1.165, 1.54) is 17.8 Å². The molecule has 102 valence electrons. The topological polar surface area (TPSA) is 47.0 Å². The molecule has 0 spiro atoms. The molecule has 3 nitrogen and oxygen atoms in total. The van der Waals surface area contributed by atoms with E-state index in [1.807, 2.05) is 6.92 Å². The van der Waals surface area contributed by atoms with Crippen molar-refractivity contribution in [1.82, 2.24) is 4.98 Å². The number of thiazole rings is 1. The first-order chi connectivity index (χ1) is 8.49. The lowest BCUT2D eigenvalue weighted by Gasteiger charge is -2.27. The summed E-state index contributed by atoms with van der Waals surface area (Å²) in [5, 5.41) is -0.251. The van der Waals surface area contributed by atoms with E-state index in [4.69, 9.17) is 11.6 Å². The molecular weight excluding hydrogens is 290 g/mol. The van der Waals surface area contributed by atoms with Gasteiger partial charge in [-0.15, -0.1) is 11.3 Å². The van der Waals surface area contributed by atoms with Crippen LogP contribution in [0.4, 0.5) is 0 Å². The third-order valence-corrected chi connectivity index (χ3v) is 7.28. The highest BCUT2D eigenvalue weighted by molar-refractivity contribution is 7.91. The Morgan fingerprint density at radius 3 is 2.67 bits per heavy atom. The van der Waals surface area contributed by atoms with Gasteiger partial charge in [-0.2, -0.15) is 0 Å². The molecule has 18 heavy (non-hydrogen) atoms. The lowest BCUT2D eigenvalue weighted by atomic mass is 9.87. The van der Waals surface area contributed by atoms with Gasteiger partial charge in [0, 0.05) is 11.1 Å². The molecule has 0 saturated heterocycles. The Labute approximate surface area is 117 Å². The van der Waals surface area contributed by atoms with Crippen molar-refractivity contribution in [2.24, 2.45) is 5.92 Å². The van der Waals surface area contributed by atoms with E-state index in [0.717, 1.165) is 30.6 Å². The van der Waals surface area contributed by atoms with Gasteiger partial charge in [0.25, 0.3) is 0 Å². The lowest BCUT2D eigenvalue weighted by Crippen LogP contribution is -2.29. The van der Waals surface area contributed by atoms with Crippen LogP contribution in [-0.2, 0) is 15.6 Å². The molecule has 0 aromatic carbocycles. The van der Waals surface area contributed by atoms with Crippen LogP contribution < -0.4 is 0 Å². The Morgan fingerprint density at radius 2 is 2.11 bits per heavy atom. The minimum Gasteiger partial charge on any atom is -0.233 e. The molecule has 1 fully saturated rings. The second-order valence-electron chi connectivity index (χ2n) is 4.99. The van der Waals surface area contributed by atoms with Gasteiger partial charge in [0.2, 0.25) is 0 Å². The normalized spacial score (nSPS) is 19.9. The summed E-state index contributed by atoms with van der Waals surface area (Å²) in [6, 6.07) is 0. The lowest BCUT2D eigenvalue weighted by molar-refractivity contribution is 0.348. The van der Waals surface area contributed by atoms with Gasteiger partial charge in [-0.3, -0.25) is 0 Å². The van der Waals surface area contributed by atoms with E-state index in [2.05, 4.69) is 4.98 Å². The average molecular weight is 308 g/mol. The SMILES string of the molecule is CC(C1CCCCC1)S(=O)(=O)Cc1cnc(Cl)s1. The maximum Gasteiger partial charge on any atom is 0.183 e. The summed E-state index contributed by atoms with van der Waals surface area (Å²) in [5.74, 6) is 0.404. The van der Waals surface area contributed by atoms with Gasteiger partial charge in [-0.05, 0) is 25.7 Å². The Balaban J connectivity index is 2.05. The number of aromatic nitrogens is 1. The molecule has 0 bridgehead atoms. The monoisotopic (exact) mass is 307 g/mol. The molecule has 0 aliphatic heterocycles. The van der Waals surface area contributed by atoms with Crippen LogP contribution in [0.5, 0.6) is 0 Å². The number of nitrogens with zero attached hydrogens (tertiary/aromatic N) is 1. The van der Waals surface area contributed by atoms with Crippen LogP contribution in [0.3, 0.4) is 0 Å². The van der Waals surface area contributed by atoms with Crippen molar-refractivity contribution in [3.63, 3.8) is 0 Å². The first-order valence-corrected chi connectivity index (χ1v) is 9.22. The molecule has 2 rings (SSSR count). The van der Waals surface area contributed by atoms with Crippen molar-refractivity contribution < 1.29 is 8.42 Å². The molecule has 1 heterocycles. The van der Waals surface area contributed by atoms with Gasteiger partial charge in [0.1, 0.15) is 0 Å². The van der Waals surface area contributed by atoms with Crippen molar-refractivity contribution >= 4 is 32.8 Å².